The summed E-state index contributed by atoms with van der Waals surface area (Å²) in [5.41, 5.74) is 1.17. The van der Waals surface area contributed by atoms with Gasteiger partial charge in [0.15, 0.2) is 0 Å². The van der Waals surface area contributed by atoms with Crippen molar-refractivity contribution in [1.82, 2.24) is 0 Å². The Morgan fingerprint density at radius 3 is 2.64 bits per heavy atom. The Labute approximate surface area is 98.4 Å². The SMILES string of the molecule is CN(C)c1cc(I)ccc1OC1CC1. The van der Waals surface area contributed by atoms with E-state index in [0.29, 0.717) is 6.10 Å². The van der Waals surface area contributed by atoms with Crippen LogP contribution < -0.4 is 9.64 Å². The fourth-order valence-corrected chi connectivity index (χ4v) is 1.78. The van der Waals surface area contributed by atoms with E-state index in [4.69, 9.17) is 4.74 Å². The Bertz CT molecular complexity index is 334. The molecular formula is C11H14INO. The lowest BCUT2D eigenvalue weighted by Gasteiger charge is -2.17. The molecule has 1 aromatic carbocycles. The van der Waals surface area contributed by atoms with Crippen LogP contribution in [-0.2, 0) is 0 Å². The lowest BCUT2D eigenvalue weighted by atomic mass is 10.3. The summed E-state index contributed by atoms with van der Waals surface area (Å²) in [5, 5.41) is 0. The highest BCUT2D eigenvalue weighted by molar-refractivity contribution is 14.1. The number of halogens is 1. The topological polar surface area (TPSA) is 12.5 Å². The standard InChI is InChI=1S/C11H14INO/c1-13(2)10-7-8(12)3-6-11(10)14-9-4-5-9/h3,6-7,9H,4-5H2,1-2H3. The smallest absolute Gasteiger partial charge is 0.143 e. The van der Waals surface area contributed by atoms with E-state index < -0.39 is 0 Å². The minimum Gasteiger partial charge on any atom is -0.488 e. The van der Waals surface area contributed by atoms with Gasteiger partial charge in [-0.25, -0.2) is 0 Å². The number of benzene rings is 1. The van der Waals surface area contributed by atoms with Crippen molar-refractivity contribution in [2.75, 3.05) is 19.0 Å². The summed E-state index contributed by atoms with van der Waals surface area (Å²) < 4.78 is 7.07. The molecule has 0 heterocycles. The zero-order valence-corrected chi connectivity index (χ0v) is 10.6. The van der Waals surface area contributed by atoms with E-state index in [1.54, 1.807) is 0 Å². The molecule has 0 spiro atoms. The van der Waals surface area contributed by atoms with Gasteiger partial charge in [0.2, 0.25) is 0 Å². The Balaban J connectivity index is 2.26. The van der Waals surface area contributed by atoms with Crippen LogP contribution in [-0.4, -0.2) is 20.2 Å². The average Bonchev–Trinajstić information content (AvgIpc) is 2.91. The molecule has 14 heavy (non-hydrogen) atoms. The maximum Gasteiger partial charge on any atom is 0.143 e. The molecule has 2 rings (SSSR count). The first-order valence-electron chi connectivity index (χ1n) is 4.80. The third-order valence-electron chi connectivity index (χ3n) is 2.22. The first-order chi connectivity index (χ1) is 6.66. The van der Waals surface area contributed by atoms with Crippen molar-refractivity contribution in [2.45, 2.75) is 18.9 Å². The average molecular weight is 303 g/mol. The van der Waals surface area contributed by atoms with Gasteiger partial charge in [0.1, 0.15) is 5.75 Å². The molecule has 0 atom stereocenters. The summed E-state index contributed by atoms with van der Waals surface area (Å²) in [7, 11) is 4.09. The van der Waals surface area contributed by atoms with E-state index >= 15 is 0 Å². The molecule has 1 aromatic rings. The molecule has 1 saturated carbocycles. The van der Waals surface area contributed by atoms with E-state index in [1.165, 1.54) is 22.1 Å². The third kappa shape index (κ3) is 2.32. The van der Waals surface area contributed by atoms with Gasteiger partial charge in [0, 0.05) is 17.7 Å². The summed E-state index contributed by atoms with van der Waals surface area (Å²) >= 11 is 2.32. The molecule has 0 bridgehead atoms. The molecule has 0 amide bonds. The Hall–Kier alpha value is -0.450. The highest BCUT2D eigenvalue weighted by Crippen LogP contribution is 2.34. The second-order valence-corrected chi connectivity index (χ2v) is 5.07. The molecular weight excluding hydrogens is 289 g/mol. The van der Waals surface area contributed by atoms with Gasteiger partial charge < -0.3 is 9.64 Å². The van der Waals surface area contributed by atoms with Crippen LogP contribution >= 0.6 is 22.6 Å². The number of anilines is 1. The van der Waals surface area contributed by atoms with E-state index in [0.717, 1.165) is 5.75 Å². The van der Waals surface area contributed by atoms with Gasteiger partial charge in [-0.05, 0) is 53.6 Å². The Kier molecular flexibility index (Phi) is 2.85. The number of ether oxygens (including phenoxy) is 1. The maximum atomic E-state index is 5.83. The van der Waals surface area contributed by atoms with Crippen LogP contribution in [0.15, 0.2) is 18.2 Å². The summed E-state index contributed by atoms with van der Waals surface area (Å²) in [4.78, 5) is 2.10. The molecule has 3 heteroatoms. The van der Waals surface area contributed by atoms with E-state index in [9.17, 15) is 0 Å². The summed E-state index contributed by atoms with van der Waals surface area (Å²) in [6.45, 7) is 0. The molecule has 0 aliphatic heterocycles. The number of rotatable bonds is 3. The highest BCUT2D eigenvalue weighted by atomic mass is 127. The second kappa shape index (κ2) is 3.96. The van der Waals surface area contributed by atoms with Crippen molar-refractivity contribution < 1.29 is 4.74 Å². The van der Waals surface area contributed by atoms with E-state index in [1.807, 2.05) is 14.1 Å². The van der Waals surface area contributed by atoms with Crippen LogP contribution in [0.4, 0.5) is 5.69 Å². The van der Waals surface area contributed by atoms with Gasteiger partial charge in [-0.1, -0.05) is 0 Å². The predicted molar refractivity (Wildman–Crippen MR) is 67.1 cm³/mol. The van der Waals surface area contributed by atoms with Gasteiger partial charge in [-0.15, -0.1) is 0 Å². The van der Waals surface area contributed by atoms with Gasteiger partial charge in [0.25, 0.3) is 0 Å². The van der Waals surface area contributed by atoms with Gasteiger partial charge in [-0.2, -0.15) is 0 Å². The van der Waals surface area contributed by atoms with E-state index in [2.05, 4.69) is 45.7 Å². The molecule has 76 valence electrons. The summed E-state index contributed by atoms with van der Waals surface area (Å²) in [6.07, 6.45) is 2.88. The molecule has 0 aromatic heterocycles. The summed E-state index contributed by atoms with van der Waals surface area (Å²) in [5.74, 6) is 1.01. The first kappa shape index (κ1) is 10.1. The molecule has 2 nitrogen and oxygen atoms in total. The van der Waals surface area contributed by atoms with Crippen molar-refractivity contribution in [3.05, 3.63) is 21.8 Å². The van der Waals surface area contributed by atoms with Crippen LogP contribution in [0.1, 0.15) is 12.8 Å². The largest absolute Gasteiger partial charge is 0.488 e. The lowest BCUT2D eigenvalue weighted by molar-refractivity contribution is 0.304. The quantitative estimate of drug-likeness (QED) is 0.796. The highest BCUT2D eigenvalue weighted by Gasteiger charge is 2.24. The second-order valence-electron chi connectivity index (χ2n) is 3.82. The van der Waals surface area contributed by atoms with Gasteiger partial charge in [-0.3, -0.25) is 0 Å². The molecule has 0 N–H and O–H groups in total. The summed E-state index contributed by atoms with van der Waals surface area (Å²) in [6, 6.07) is 6.30. The van der Waals surface area contributed by atoms with Crippen molar-refractivity contribution >= 4 is 28.3 Å². The third-order valence-corrected chi connectivity index (χ3v) is 2.89. The van der Waals surface area contributed by atoms with Crippen LogP contribution in [0.3, 0.4) is 0 Å². The zero-order valence-electron chi connectivity index (χ0n) is 8.46. The lowest BCUT2D eigenvalue weighted by Crippen LogP contribution is -2.11. The fourth-order valence-electron chi connectivity index (χ4n) is 1.31. The predicted octanol–water partition coefficient (Wildman–Crippen LogP) is 2.90. The number of nitrogens with zero attached hydrogens (tertiary/aromatic N) is 1. The van der Waals surface area contributed by atoms with Crippen molar-refractivity contribution in [2.24, 2.45) is 0 Å². The van der Waals surface area contributed by atoms with Crippen LogP contribution in [0.5, 0.6) is 5.75 Å². The monoisotopic (exact) mass is 303 g/mol. The maximum absolute atomic E-state index is 5.83. The molecule has 0 radical (unpaired) electrons. The molecule has 0 unspecified atom stereocenters. The van der Waals surface area contributed by atoms with Crippen LogP contribution in [0.2, 0.25) is 0 Å². The van der Waals surface area contributed by atoms with Crippen LogP contribution in [0, 0.1) is 3.57 Å². The van der Waals surface area contributed by atoms with E-state index in [-0.39, 0.29) is 0 Å². The first-order valence-corrected chi connectivity index (χ1v) is 5.88. The minimum absolute atomic E-state index is 0.466. The molecule has 1 fully saturated rings. The molecule has 1 aliphatic rings. The number of hydrogen-bond acceptors (Lipinski definition) is 2. The zero-order chi connectivity index (χ0) is 10.1. The number of hydrogen-bond donors (Lipinski definition) is 0. The van der Waals surface area contributed by atoms with Gasteiger partial charge in [0.05, 0.1) is 11.8 Å². The normalized spacial score (nSPS) is 15.4. The van der Waals surface area contributed by atoms with Crippen LogP contribution in [0.25, 0.3) is 0 Å². The fraction of sp³-hybridized carbons (Fsp3) is 0.455. The minimum atomic E-state index is 0.466. The molecule has 0 saturated heterocycles. The molecule has 1 aliphatic carbocycles. The van der Waals surface area contributed by atoms with Crippen molar-refractivity contribution in [3.8, 4) is 5.75 Å². The van der Waals surface area contributed by atoms with Crippen molar-refractivity contribution in [3.63, 3.8) is 0 Å². The Morgan fingerprint density at radius 2 is 2.07 bits per heavy atom. The van der Waals surface area contributed by atoms with Crippen molar-refractivity contribution in [1.29, 1.82) is 0 Å². The Morgan fingerprint density at radius 1 is 1.36 bits per heavy atom. The van der Waals surface area contributed by atoms with Gasteiger partial charge >= 0.3 is 0 Å².